The van der Waals surface area contributed by atoms with Crippen molar-refractivity contribution in [3.8, 4) is 11.5 Å². The summed E-state index contributed by atoms with van der Waals surface area (Å²) >= 11 is 18.1. The monoisotopic (exact) mass is 442 g/mol. The molecule has 0 saturated heterocycles. The van der Waals surface area contributed by atoms with Gasteiger partial charge in [-0.05, 0) is 61.7 Å². The Morgan fingerprint density at radius 3 is 2.46 bits per heavy atom. The zero-order valence-corrected chi connectivity index (χ0v) is 18.9. The van der Waals surface area contributed by atoms with E-state index < -0.39 is 9.90 Å². The third-order valence-electron chi connectivity index (χ3n) is 4.31. The molecule has 0 N–H and O–H groups in total. The van der Waals surface area contributed by atoms with Gasteiger partial charge in [-0.2, -0.15) is 0 Å². The summed E-state index contributed by atoms with van der Waals surface area (Å²) in [6.07, 6.45) is 1.13. The SMILES string of the molecule is CCN(C)/C=N\c1cc(C)c(Oc2cccc(C(OC)C(Cl)(Cl)Cl)c2)cc1C. The first-order valence-electron chi connectivity index (χ1n) is 8.88. The molecule has 28 heavy (non-hydrogen) atoms. The predicted molar refractivity (Wildman–Crippen MR) is 119 cm³/mol. The highest BCUT2D eigenvalue weighted by atomic mass is 35.6. The number of hydrogen-bond acceptors (Lipinski definition) is 3. The van der Waals surface area contributed by atoms with Crippen LogP contribution in [0.5, 0.6) is 11.5 Å². The number of benzene rings is 2. The minimum atomic E-state index is -1.58. The van der Waals surface area contributed by atoms with Gasteiger partial charge in [-0.1, -0.05) is 46.9 Å². The summed E-state index contributed by atoms with van der Waals surface area (Å²) in [6, 6.07) is 11.3. The predicted octanol–water partition coefficient (Wildman–Crippen LogP) is 6.76. The van der Waals surface area contributed by atoms with Crippen LogP contribution in [-0.2, 0) is 4.74 Å². The number of aliphatic imine (C=N–C) groups is 1. The van der Waals surface area contributed by atoms with Crippen molar-refractivity contribution in [3.05, 3.63) is 53.1 Å². The van der Waals surface area contributed by atoms with Crippen LogP contribution >= 0.6 is 34.8 Å². The summed E-state index contributed by atoms with van der Waals surface area (Å²) in [6.45, 7) is 6.97. The topological polar surface area (TPSA) is 34.1 Å². The lowest BCUT2D eigenvalue weighted by Gasteiger charge is -2.23. The van der Waals surface area contributed by atoms with E-state index in [-0.39, 0.29) is 0 Å². The molecule has 1 atom stereocenters. The molecule has 0 radical (unpaired) electrons. The molecule has 0 bridgehead atoms. The molecular weight excluding hydrogens is 419 g/mol. The average Bonchev–Trinajstić information content (AvgIpc) is 2.62. The Morgan fingerprint density at radius 2 is 1.86 bits per heavy atom. The van der Waals surface area contributed by atoms with Gasteiger partial charge in [0.1, 0.15) is 17.6 Å². The second-order valence-electron chi connectivity index (χ2n) is 6.55. The molecule has 0 aromatic heterocycles. The quantitative estimate of drug-likeness (QED) is 0.269. The molecule has 2 rings (SSSR count). The first-order chi connectivity index (χ1) is 13.2. The molecule has 0 aliphatic heterocycles. The van der Waals surface area contributed by atoms with Crippen LogP contribution in [0.2, 0.25) is 0 Å². The van der Waals surface area contributed by atoms with Gasteiger partial charge in [0, 0.05) is 20.7 Å². The lowest BCUT2D eigenvalue weighted by Crippen LogP contribution is -2.18. The van der Waals surface area contributed by atoms with Crippen molar-refractivity contribution in [1.29, 1.82) is 0 Å². The Bertz CT molecular complexity index is 835. The number of hydrogen-bond donors (Lipinski definition) is 0. The zero-order valence-electron chi connectivity index (χ0n) is 16.7. The molecule has 4 nitrogen and oxygen atoms in total. The van der Waals surface area contributed by atoms with Gasteiger partial charge in [-0.15, -0.1) is 0 Å². The van der Waals surface area contributed by atoms with Crippen molar-refractivity contribution in [3.63, 3.8) is 0 Å². The highest BCUT2D eigenvalue weighted by Crippen LogP contribution is 2.43. The van der Waals surface area contributed by atoms with Gasteiger partial charge in [0.2, 0.25) is 3.79 Å². The summed E-state index contributed by atoms with van der Waals surface area (Å²) in [4.78, 5) is 6.56. The number of halogens is 3. The first-order valence-corrected chi connectivity index (χ1v) is 10.0. The Kier molecular flexibility index (Phi) is 8.02. The van der Waals surface area contributed by atoms with Crippen molar-refractivity contribution in [1.82, 2.24) is 4.90 Å². The van der Waals surface area contributed by atoms with Gasteiger partial charge >= 0.3 is 0 Å². The molecule has 2 aromatic carbocycles. The summed E-state index contributed by atoms with van der Waals surface area (Å²) in [7, 11) is 3.49. The molecule has 2 aromatic rings. The van der Waals surface area contributed by atoms with Crippen LogP contribution in [-0.4, -0.2) is 35.7 Å². The Hall–Kier alpha value is -1.46. The van der Waals surface area contributed by atoms with E-state index in [1.54, 1.807) is 0 Å². The number of alkyl halides is 3. The third-order valence-corrected chi connectivity index (χ3v) is 4.90. The minimum absolute atomic E-state index is 0.637. The minimum Gasteiger partial charge on any atom is -0.457 e. The van der Waals surface area contributed by atoms with Crippen LogP contribution in [0.4, 0.5) is 5.69 Å². The fourth-order valence-corrected chi connectivity index (χ4v) is 3.24. The van der Waals surface area contributed by atoms with Crippen molar-refractivity contribution >= 4 is 46.8 Å². The number of rotatable bonds is 7. The van der Waals surface area contributed by atoms with Gasteiger partial charge in [0.15, 0.2) is 0 Å². The molecule has 7 heteroatoms. The number of methoxy groups -OCH3 is 1. The first kappa shape index (κ1) is 22.8. The van der Waals surface area contributed by atoms with E-state index in [4.69, 9.17) is 44.3 Å². The lowest BCUT2D eigenvalue weighted by atomic mass is 10.1. The molecule has 0 saturated carbocycles. The maximum Gasteiger partial charge on any atom is 0.220 e. The zero-order chi connectivity index (χ0) is 20.9. The molecule has 0 fully saturated rings. The maximum absolute atomic E-state index is 6.09. The molecular formula is C21H25Cl3N2O2. The van der Waals surface area contributed by atoms with Crippen molar-refractivity contribution in [2.75, 3.05) is 20.7 Å². The standard InChI is InChI=1S/C21H25Cl3N2O2/c1-6-26(4)13-25-18-10-15(3)19(11-14(18)2)28-17-9-7-8-16(12-17)20(27-5)21(22,23)24/h7-13,20H,6H2,1-5H3/b25-13-. The smallest absolute Gasteiger partial charge is 0.220 e. The summed E-state index contributed by atoms with van der Waals surface area (Å²) in [5, 5.41) is 0. The summed E-state index contributed by atoms with van der Waals surface area (Å²) < 4.78 is 9.86. The third kappa shape index (κ3) is 6.02. The number of ether oxygens (including phenoxy) is 2. The number of nitrogens with zero attached hydrogens (tertiary/aromatic N) is 2. The Balaban J connectivity index is 2.28. The van der Waals surface area contributed by atoms with E-state index in [9.17, 15) is 0 Å². The molecule has 0 heterocycles. The van der Waals surface area contributed by atoms with Gasteiger partial charge < -0.3 is 14.4 Å². The maximum atomic E-state index is 6.09. The molecule has 1 unspecified atom stereocenters. The normalized spacial score (nSPS) is 13.0. The lowest BCUT2D eigenvalue weighted by molar-refractivity contribution is 0.106. The second-order valence-corrected chi connectivity index (χ2v) is 8.92. The molecule has 0 amide bonds. The Labute approximate surface area is 182 Å². The van der Waals surface area contributed by atoms with Crippen LogP contribution in [0.15, 0.2) is 41.4 Å². The fraction of sp³-hybridized carbons (Fsp3) is 0.381. The van der Waals surface area contributed by atoms with E-state index in [1.165, 1.54) is 7.11 Å². The highest BCUT2D eigenvalue weighted by Gasteiger charge is 2.34. The summed E-state index contributed by atoms with van der Waals surface area (Å²) in [5.41, 5.74) is 3.63. The molecule has 152 valence electrons. The highest BCUT2D eigenvalue weighted by molar-refractivity contribution is 6.68. The van der Waals surface area contributed by atoms with Gasteiger partial charge in [-0.25, -0.2) is 4.99 Å². The van der Waals surface area contributed by atoms with Crippen LogP contribution in [0.25, 0.3) is 0 Å². The largest absolute Gasteiger partial charge is 0.457 e. The van der Waals surface area contributed by atoms with Gasteiger partial charge in [0.25, 0.3) is 0 Å². The Morgan fingerprint density at radius 1 is 1.14 bits per heavy atom. The average molecular weight is 444 g/mol. The van der Waals surface area contributed by atoms with Crippen LogP contribution < -0.4 is 4.74 Å². The molecule has 0 aliphatic rings. The van der Waals surface area contributed by atoms with Crippen LogP contribution in [0, 0.1) is 13.8 Å². The van der Waals surface area contributed by atoms with Gasteiger partial charge in [-0.3, -0.25) is 0 Å². The van der Waals surface area contributed by atoms with E-state index in [1.807, 2.05) is 68.5 Å². The van der Waals surface area contributed by atoms with E-state index in [0.717, 1.165) is 34.7 Å². The van der Waals surface area contributed by atoms with Crippen molar-refractivity contribution < 1.29 is 9.47 Å². The van der Waals surface area contributed by atoms with Crippen molar-refractivity contribution in [2.45, 2.75) is 30.7 Å². The fourth-order valence-electron chi connectivity index (χ4n) is 2.59. The van der Waals surface area contributed by atoms with Gasteiger partial charge in [0.05, 0.1) is 12.0 Å². The van der Waals surface area contributed by atoms with Crippen LogP contribution in [0.3, 0.4) is 0 Å². The van der Waals surface area contributed by atoms with E-state index in [2.05, 4.69) is 11.9 Å². The second kappa shape index (κ2) is 9.84. The summed E-state index contributed by atoms with van der Waals surface area (Å²) in [5.74, 6) is 1.39. The molecule has 0 spiro atoms. The van der Waals surface area contributed by atoms with Crippen molar-refractivity contribution in [2.24, 2.45) is 4.99 Å². The number of aryl methyl sites for hydroxylation is 2. The van der Waals surface area contributed by atoms with Crippen LogP contribution in [0.1, 0.15) is 29.7 Å². The molecule has 0 aliphatic carbocycles. The van der Waals surface area contributed by atoms with E-state index >= 15 is 0 Å². The van der Waals surface area contributed by atoms with E-state index in [0.29, 0.717) is 5.75 Å².